The number of methoxy groups -OCH3 is 1. The number of anilines is 1. The Kier molecular flexibility index (Phi) is 7.80. The lowest BCUT2D eigenvalue weighted by atomic mass is 9.87. The first-order chi connectivity index (χ1) is 15.7. The minimum atomic E-state index is 0.205. The van der Waals surface area contributed by atoms with Gasteiger partial charge in [-0.15, -0.1) is 0 Å². The molecule has 2 aliphatic heterocycles. The van der Waals surface area contributed by atoms with Crippen LogP contribution in [0, 0.1) is 0 Å². The monoisotopic (exact) mass is 435 g/mol. The largest absolute Gasteiger partial charge is 0.497 e. The van der Waals surface area contributed by atoms with Gasteiger partial charge in [0.05, 0.1) is 32.1 Å². The van der Waals surface area contributed by atoms with E-state index in [1.807, 2.05) is 19.1 Å². The van der Waals surface area contributed by atoms with Crippen LogP contribution in [0.3, 0.4) is 0 Å². The van der Waals surface area contributed by atoms with E-state index in [1.165, 1.54) is 16.8 Å². The summed E-state index contributed by atoms with van der Waals surface area (Å²) in [6, 6.07) is 19.1. The predicted octanol–water partition coefficient (Wildman–Crippen LogP) is 4.30. The second-order valence-electron chi connectivity index (χ2n) is 8.23. The molecule has 1 unspecified atom stereocenters. The van der Waals surface area contributed by atoms with Crippen LogP contribution in [0.1, 0.15) is 24.9 Å². The molecule has 6 nitrogen and oxygen atoms in total. The average Bonchev–Trinajstić information content (AvgIpc) is 2.83. The van der Waals surface area contributed by atoms with Crippen LogP contribution in [-0.2, 0) is 9.57 Å². The third-order valence-electron chi connectivity index (χ3n) is 5.95. The Morgan fingerprint density at radius 3 is 2.56 bits per heavy atom. The van der Waals surface area contributed by atoms with Crippen molar-refractivity contribution in [2.75, 3.05) is 58.0 Å². The first-order valence-corrected chi connectivity index (χ1v) is 11.4. The van der Waals surface area contributed by atoms with E-state index in [0.717, 1.165) is 57.3 Å². The number of morpholine rings is 1. The van der Waals surface area contributed by atoms with Gasteiger partial charge in [-0.25, -0.2) is 0 Å². The molecule has 2 fully saturated rings. The molecule has 2 heterocycles. The van der Waals surface area contributed by atoms with E-state index >= 15 is 0 Å². The molecule has 0 aliphatic carbocycles. The molecule has 0 amide bonds. The van der Waals surface area contributed by atoms with Crippen molar-refractivity contribution in [3.05, 3.63) is 71.8 Å². The molecule has 1 atom stereocenters. The average molecular weight is 436 g/mol. The van der Waals surface area contributed by atoms with E-state index in [2.05, 4.69) is 63.5 Å². The highest BCUT2D eigenvalue weighted by atomic mass is 16.6. The van der Waals surface area contributed by atoms with E-state index in [4.69, 9.17) is 14.3 Å². The van der Waals surface area contributed by atoms with Gasteiger partial charge >= 0.3 is 0 Å². The van der Waals surface area contributed by atoms with Crippen molar-refractivity contribution in [2.24, 2.45) is 5.16 Å². The van der Waals surface area contributed by atoms with E-state index < -0.39 is 0 Å². The summed E-state index contributed by atoms with van der Waals surface area (Å²) in [5.74, 6) is 0.870. The van der Waals surface area contributed by atoms with Gasteiger partial charge in [0, 0.05) is 31.9 Å². The van der Waals surface area contributed by atoms with Crippen molar-refractivity contribution in [1.82, 2.24) is 4.90 Å². The third-order valence-corrected chi connectivity index (χ3v) is 5.95. The summed E-state index contributed by atoms with van der Waals surface area (Å²) in [7, 11) is 1.69. The molecule has 0 saturated carbocycles. The molecule has 2 aromatic carbocycles. The predicted molar refractivity (Wildman–Crippen MR) is 129 cm³/mol. The zero-order chi connectivity index (χ0) is 22.2. The van der Waals surface area contributed by atoms with Crippen LogP contribution >= 0.6 is 0 Å². The molecule has 0 bridgehead atoms. The van der Waals surface area contributed by atoms with Crippen molar-refractivity contribution in [3.8, 4) is 5.75 Å². The lowest BCUT2D eigenvalue weighted by Crippen LogP contribution is -2.44. The first-order valence-electron chi connectivity index (χ1n) is 11.4. The van der Waals surface area contributed by atoms with Crippen LogP contribution in [0.4, 0.5) is 5.69 Å². The van der Waals surface area contributed by atoms with Gasteiger partial charge in [0.25, 0.3) is 0 Å². The fourth-order valence-corrected chi connectivity index (χ4v) is 4.25. The van der Waals surface area contributed by atoms with Crippen molar-refractivity contribution in [1.29, 1.82) is 0 Å². The normalized spacial score (nSPS) is 20.8. The summed E-state index contributed by atoms with van der Waals surface area (Å²) in [6.07, 6.45) is 3.14. The molecule has 0 N–H and O–H groups in total. The maximum absolute atomic E-state index is 5.59. The molecule has 0 aromatic heterocycles. The number of nitrogens with zero attached hydrogens (tertiary/aromatic N) is 3. The minimum Gasteiger partial charge on any atom is -0.497 e. The van der Waals surface area contributed by atoms with Gasteiger partial charge in [0.1, 0.15) is 12.4 Å². The maximum Gasteiger partial charge on any atom is 0.119 e. The maximum atomic E-state index is 5.59. The van der Waals surface area contributed by atoms with Crippen molar-refractivity contribution < 1.29 is 14.3 Å². The first kappa shape index (κ1) is 22.4. The second kappa shape index (κ2) is 11.2. The van der Waals surface area contributed by atoms with Gasteiger partial charge in [0.2, 0.25) is 0 Å². The Balaban J connectivity index is 1.36. The zero-order valence-corrected chi connectivity index (χ0v) is 19.1. The van der Waals surface area contributed by atoms with Crippen LogP contribution in [-0.4, -0.2) is 63.7 Å². The fraction of sp³-hybridized carbons (Fsp3) is 0.423. The molecule has 32 heavy (non-hydrogen) atoms. The van der Waals surface area contributed by atoms with Gasteiger partial charge < -0.3 is 19.2 Å². The Bertz CT molecular complexity index is 906. The lowest BCUT2D eigenvalue weighted by Gasteiger charge is -2.46. The highest BCUT2D eigenvalue weighted by molar-refractivity contribution is 5.94. The summed E-state index contributed by atoms with van der Waals surface area (Å²) in [5.41, 5.74) is 4.71. The second-order valence-corrected chi connectivity index (χ2v) is 8.23. The number of hydrogen-bond acceptors (Lipinski definition) is 6. The van der Waals surface area contributed by atoms with Crippen LogP contribution in [0.5, 0.6) is 5.75 Å². The molecule has 4 rings (SSSR count). The van der Waals surface area contributed by atoms with Crippen molar-refractivity contribution in [2.45, 2.75) is 19.4 Å². The van der Waals surface area contributed by atoms with Crippen LogP contribution in [0.15, 0.2) is 71.4 Å². The number of benzene rings is 2. The number of allylic oxidation sites excluding steroid dienone is 1. The third kappa shape index (κ3) is 5.69. The Labute approximate surface area is 191 Å². The number of hydrogen-bond donors (Lipinski definition) is 0. The summed E-state index contributed by atoms with van der Waals surface area (Å²) in [5, 5.41) is 4.34. The SMILES string of the molecule is COc1ccc(N2CC(=CC(C)=NOCCCN3CCOCC3)C2c2ccccc2)cc1. The quantitative estimate of drug-likeness (QED) is 0.334. The van der Waals surface area contributed by atoms with Crippen molar-refractivity contribution in [3.63, 3.8) is 0 Å². The summed E-state index contributed by atoms with van der Waals surface area (Å²) in [6.45, 7) is 8.25. The number of oxime groups is 1. The van der Waals surface area contributed by atoms with Gasteiger partial charge in [-0.2, -0.15) is 0 Å². The Morgan fingerprint density at radius 1 is 1.09 bits per heavy atom. The molecule has 170 valence electrons. The van der Waals surface area contributed by atoms with Crippen LogP contribution < -0.4 is 9.64 Å². The lowest BCUT2D eigenvalue weighted by molar-refractivity contribution is 0.0323. The minimum absolute atomic E-state index is 0.205. The molecule has 6 heteroatoms. The number of ether oxygens (including phenoxy) is 2. The van der Waals surface area contributed by atoms with Gasteiger partial charge in [0.15, 0.2) is 0 Å². The fourth-order valence-electron chi connectivity index (χ4n) is 4.25. The summed E-state index contributed by atoms with van der Waals surface area (Å²) < 4.78 is 10.7. The highest BCUT2D eigenvalue weighted by Crippen LogP contribution is 2.42. The van der Waals surface area contributed by atoms with Crippen LogP contribution in [0.25, 0.3) is 0 Å². The number of rotatable bonds is 9. The molecule has 2 aromatic rings. The summed E-state index contributed by atoms with van der Waals surface area (Å²) >= 11 is 0. The van der Waals surface area contributed by atoms with Gasteiger partial charge in [-0.3, -0.25) is 4.90 Å². The molecular weight excluding hydrogens is 402 g/mol. The van der Waals surface area contributed by atoms with Gasteiger partial charge in [-0.1, -0.05) is 35.5 Å². The molecule has 2 aliphatic rings. The zero-order valence-electron chi connectivity index (χ0n) is 19.1. The molecular formula is C26H33N3O3. The highest BCUT2D eigenvalue weighted by Gasteiger charge is 2.34. The topological polar surface area (TPSA) is 46.5 Å². The Hall–Kier alpha value is -2.83. The van der Waals surface area contributed by atoms with E-state index in [9.17, 15) is 0 Å². The van der Waals surface area contributed by atoms with Crippen molar-refractivity contribution >= 4 is 11.4 Å². The van der Waals surface area contributed by atoms with E-state index in [0.29, 0.717) is 6.61 Å². The molecule has 0 spiro atoms. The smallest absolute Gasteiger partial charge is 0.119 e. The van der Waals surface area contributed by atoms with Gasteiger partial charge in [-0.05, 0) is 54.8 Å². The molecule has 0 radical (unpaired) electrons. The van der Waals surface area contributed by atoms with E-state index in [1.54, 1.807) is 7.11 Å². The molecule has 2 saturated heterocycles. The standard InChI is InChI=1S/C26H33N3O3/c1-21(27-32-16-6-13-28-14-17-31-18-15-28)19-23-20-29(24-9-11-25(30-2)12-10-24)26(23)22-7-4-3-5-8-22/h3-5,7-12,19,26H,6,13-18,20H2,1-2H3. The Morgan fingerprint density at radius 2 is 1.84 bits per heavy atom. The van der Waals surface area contributed by atoms with E-state index in [-0.39, 0.29) is 6.04 Å². The van der Waals surface area contributed by atoms with Crippen LogP contribution in [0.2, 0.25) is 0 Å². The summed E-state index contributed by atoms with van der Waals surface area (Å²) in [4.78, 5) is 10.4.